The molecule has 0 atom stereocenters. The number of nitrogens with zero attached hydrogens (tertiary/aromatic N) is 2. The van der Waals surface area contributed by atoms with E-state index in [0.29, 0.717) is 19.4 Å². The van der Waals surface area contributed by atoms with Crippen LogP contribution in [-0.4, -0.2) is 53.9 Å². The summed E-state index contributed by atoms with van der Waals surface area (Å²) < 4.78 is 27.0. The first-order valence-corrected chi connectivity index (χ1v) is 10.6. The number of aliphatic hydroxyl groups excluding tert-OH is 1. The summed E-state index contributed by atoms with van der Waals surface area (Å²) in [4.78, 5) is 14.0. The number of carbonyl (C=O) groups excluding carboxylic acids is 1. The molecule has 2 fully saturated rings. The van der Waals surface area contributed by atoms with Crippen molar-refractivity contribution < 1.29 is 18.3 Å². The van der Waals surface area contributed by atoms with E-state index in [9.17, 15) is 18.3 Å². The number of benzene rings is 1. The largest absolute Gasteiger partial charge is 0.507 e. The summed E-state index contributed by atoms with van der Waals surface area (Å²) in [7, 11) is -3.88. The monoisotopic (exact) mass is 403 g/mol. The Morgan fingerprint density at radius 2 is 1.82 bits per heavy atom. The van der Waals surface area contributed by atoms with Gasteiger partial charge < -0.3 is 10.0 Å². The molecule has 0 aromatic heterocycles. The van der Waals surface area contributed by atoms with E-state index in [4.69, 9.17) is 0 Å². The highest BCUT2D eigenvalue weighted by Gasteiger charge is 2.48. The molecule has 1 aromatic carbocycles. The van der Waals surface area contributed by atoms with E-state index in [2.05, 4.69) is 18.5 Å². The van der Waals surface area contributed by atoms with Crippen molar-refractivity contribution in [3.63, 3.8) is 0 Å². The van der Waals surface area contributed by atoms with Gasteiger partial charge in [-0.1, -0.05) is 43.5 Å². The predicted molar refractivity (Wildman–Crippen MR) is 108 cm³/mol. The van der Waals surface area contributed by atoms with Crippen LogP contribution in [0.3, 0.4) is 0 Å². The Kier molecular flexibility index (Phi) is 5.74. The maximum atomic E-state index is 12.8. The molecule has 8 heteroatoms. The van der Waals surface area contributed by atoms with E-state index >= 15 is 0 Å². The second-order valence-corrected chi connectivity index (χ2v) is 8.82. The first-order chi connectivity index (χ1) is 13.3. The van der Waals surface area contributed by atoms with Gasteiger partial charge in [0.1, 0.15) is 10.7 Å². The minimum atomic E-state index is -3.88. The average Bonchev–Trinajstić information content (AvgIpc) is 2.99. The summed E-state index contributed by atoms with van der Waals surface area (Å²) >= 11 is 0. The number of rotatable bonds is 6. The minimum Gasteiger partial charge on any atom is -0.507 e. The number of hydrogen-bond donors (Lipinski definition) is 2. The molecule has 2 aliphatic rings. The maximum Gasteiger partial charge on any atom is 0.246 e. The molecule has 0 radical (unpaired) electrons. The Hall–Kier alpha value is -2.42. The zero-order chi connectivity index (χ0) is 20.4. The van der Waals surface area contributed by atoms with Crippen molar-refractivity contribution in [3.05, 3.63) is 71.9 Å². The minimum absolute atomic E-state index is 0.0103. The molecule has 0 aliphatic carbocycles. The van der Waals surface area contributed by atoms with Crippen molar-refractivity contribution in [2.75, 3.05) is 19.6 Å². The number of carbonyl (C=O) groups is 1. The van der Waals surface area contributed by atoms with Gasteiger partial charge in [0, 0.05) is 19.6 Å². The summed E-state index contributed by atoms with van der Waals surface area (Å²) in [6.07, 6.45) is 3.13. The van der Waals surface area contributed by atoms with Crippen molar-refractivity contribution in [3.8, 4) is 0 Å². The molecule has 0 saturated carbocycles. The lowest BCUT2D eigenvalue weighted by Gasteiger charge is -2.44. The molecule has 2 saturated heterocycles. The SMILES string of the molecule is C=C/C(O)=C(\C=C)S(=O)(=O)N1CCC2(CC1)NCC(=O)N2Cc1ccccc1. The fourth-order valence-electron chi connectivity index (χ4n) is 3.80. The second-order valence-electron chi connectivity index (χ2n) is 6.91. The zero-order valence-corrected chi connectivity index (χ0v) is 16.5. The summed E-state index contributed by atoms with van der Waals surface area (Å²) in [6.45, 7) is 8.09. The standard InChI is InChI=1S/C20H25N3O4S/c1-3-17(24)18(4-2)28(26,27)22-12-10-20(11-13-22)21-14-19(25)23(20)15-16-8-6-5-7-9-16/h3-9,21,24H,1-2,10-15H2/b18-17-. The van der Waals surface area contributed by atoms with Crippen LogP contribution in [0.25, 0.3) is 0 Å². The zero-order valence-electron chi connectivity index (χ0n) is 15.7. The van der Waals surface area contributed by atoms with Crippen LogP contribution in [0.1, 0.15) is 18.4 Å². The number of nitrogens with one attached hydrogen (secondary N) is 1. The van der Waals surface area contributed by atoms with E-state index in [1.807, 2.05) is 35.2 Å². The van der Waals surface area contributed by atoms with Crippen LogP contribution >= 0.6 is 0 Å². The van der Waals surface area contributed by atoms with Crippen LogP contribution < -0.4 is 5.32 Å². The fourth-order valence-corrected chi connectivity index (χ4v) is 5.30. The highest BCUT2D eigenvalue weighted by Crippen LogP contribution is 2.33. The molecular weight excluding hydrogens is 378 g/mol. The van der Waals surface area contributed by atoms with Crippen molar-refractivity contribution in [1.82, 2.24) is 14.5 Å². The van der Waals surface area contributed by atoms with E-state index in [0.717, 1.165) is 17.7 Å². The van der Waals surface area contributed by atoms with Crippen LogP contribution in [0.4, 0.5) is 0 Å². The second kappa shape index (κ2) is 7.90. The summed E-state index contributed by atoms with van der Waals surface area (Å²) in [5.41, 5.74) is 0.471. The third kappa shape index (κ3) is 3.63. The first kappa shape index (κ1) is 20.3. The van der Waals surface area contributed by atoms with Gasteiger partial charge in [0.05, 0.1) is 12.2 Å². The van der Waals surface area contributed by atoms with Crippen LogP contribution in [-0.2, 0) is 21.4 Å². The molecular formula is C20H25N3O4S. The fraction of sp³-hybridized carbons (Fsp3) is 0.350. The third-order valence-corrected chi connectivity index (χ3v) is 7.35. The Labute approximate surface area is 165 Å². The predicted octanol–water partition coefficient (Wildman–Crippen LogP) is 1.88. The van der Waals surface area contributed by atoms with Crippen molar-refractivity contribution in [1.29, 1.82) is 0 Å². The van der Waals surface area contributed by atoms with Gasteiger partial charge in [0.2, 0.25) is 15.9 Å². The summed E-state index contributed by atoms with van der Waals surface area (Å²) in [5.74, 6) is -0.411. The van der Waals surface area contributed by atoms with Crippen molar-refractivity contribution in [2.24, 2.45) is 0 Å². The Morgan fingerprint density at radius 3 is 2.39 bits per heavy atom. The van der Waals surface area contributed by atoms with Gasteiger partial charge in [-0.25, -0.2) is 8.42 Å². The lowest BCUT2D eigenvalue weighted by atomic mass is 9.96. The molecule has 1 aromatic rings. The molecule has 2 aliphatic heterocycles. The highest BCUT2D eigenvalue weighted by atomic mass is 32.2. The number of sulfonamides is 1. The number of piperidine rings is 1. The molecule has 0 unspecified atom stereocenters. The Balaban J connectivity index is 1.79. The lowest BCUT2D eigenvalue weighted by Crippen LogP contribution is -2.58. The average molecular weight is 404 g/mol. The van der Waals surface area contributed by atoms with Crippen LogP contribution in [0, 0.1) is 0 Å². The summed E-state index contributed by atoms with van der Waals surface area (Å²) in [5, 5.41) is 13.1. The number of allylic oxidation sites excluding steroid dienone is 2. The Morgan fingerprint density at radius 1 is 1.18 bits per heavy atom. The van der Waals surface area contributed by atoms with Gasteiger partial charge in [-0.2, -0.15) is 4.31 Å². The third-order valence-electron chi connectivity index (χ3n) is 5.37. The van der Waals surface area contributed by atoms with Crippen molar-refractivity contribution in [2.45, 2.75) is 25.0 Å². The normalized spacial score (nSPS) is 20.9. The molecule has 28 heavy (non-hydrogen) atoms. The van der Waals surface area contributed by atoms with E-state index < -0.39 is 21.4 Å². The van der Waals surface area contributed by atoms with Gasteiger partial charge in [-0.3, -0.25) is 10.1 Å². The molecule has 3 rings (SSSR count). The molecule has 1 amide bonds. The van der Waals surface area contributed by atoms with E-state index in [-0.39, 0.29) is 30.4 Å². The van der Waals surface area contributed by atoms with Gasteiger partial charge >= 0.3 is 0 Å². The molecule has 2 heterocycles. The van der Waals surface area contributed by atoms with Gasteiger partial charge in [-0.05, 0) is 30.6 Å². The quantitative estimate of drug-likeness (QED) is 0.559. The number of amides is 1. The maximum absolute atomic E-state index is 12.8. The van der Waals surface area contributed by atoms with E-state index in [1.54, 1.807) is 0 Å². The number of aliphatic hydroxyl groups is 1. The number of hydrogen-bond acceptors (Lipinski definition) is 5. The molecule has 150 valence electrons. The van der Waals surface area contributed by atoms with Gasteiger partial charge in [0.15, 0.2) is 0 Å². The van der Waals surface area contributed by atoms with Gasteiger partial charge in [0.25, 0.3) is 0 Å². The smallest absolute Gasteiger partial charge is 0.246 e. The van der Waals surface area contributed by atoms with E-state index in [1.165, 1.54) is 4.31 Å². The topological polar surface area (TPSA) is 90.0 Å². The van der Waals surface area contributed by atoms with Crippen LogP contribution in [0.5, 0.6) is 0 Å². The Bertz CT molecular complexity index is 901. The first-order valence-electron chi connectivity index (χ1n) is 9.12. The molecule has 0 bridgehead atoms. The van der Waals surface area contributed by atoms with Crippen LogP contribution in [0.15, 0.2) is 66.3 Å². The summed E-state index contributed by atoms with van der Waals surface area (Å²) in [6, 6.07) is 9.73. The molecule has 1 spiro atoms. The van der Waals surface area contributed by atoms with Crippen LogP contribution in [0.2, 0.25) is 0 Å². The highest BCUT2D eigenvalue weighted by molar-refractivity contribution is 7.93. The molecule has 7 nitrogen and oxygen atoms in total. The lowest BCUT2D eigenvalue weighted by molar-refractivity contribution is -0.132. The van der Waals surface area contributed by atoms with Crippen molar-refractivity contribution >= 4 is 15.9 Å². The van der Waals surface area contributed by atoms with Gasteiger partial charge in [-0.15, -0.1) is 0 Å². The molecule has 2 N–H and O–H groups in total.